The highest BCUT2D eigenvalue weighted by Gasteiger charge is 2.39. The molecule has 3 aromatic rings. The molecular weight excluding hydrogens is 473 g/mol. The van der Waals surface area contributed by atoms with Crippen molar-refractivity contribution in [2.75, 3.05) is 17.3 Å². The van der Waals surface area contributed by atoms with Gasteiger partial charge in [-0.25, -0.2) is 23.1 Å². The van der Waals surface area contributed by atoms with Crippen LogP contribution >= 0.6 is 0 Å². The molecule has 1 aromatic heterocycles. The third-order valence-corrected chi connectivity index (χ3v) is 6.74. The molecule has 0 radical (unpaired) electrons. The molecule has 1 atom stereocenters. The van der Waals surface area contributed by atoms with Gasteiger partial charge >= 0.3 is 0 Å². The molecule has 0 saturated heterocycles. The highest BCUT2D eigenvalue weighted by Crippen LogP contribution is 2.40. The lowest BCUT2D eigenvalue weighted by Crippen LogP contribution is -2.24. The van der Waals surface area contributed by atoms with Gasteiger partial charge < -0.3 is 10.2 Å². The average Bonchev–Trinajstić information content (AvgIpc) is 2.81. The second-order valence-corrected chi connectivity index (χ2v) is 11.4. The number of aromatic nitrogens is 2. The normalized spacial score (nSPS) is 13.4. The second-order valence-electron chi connectivity index (χ2n) is 11.4. The Hall–Kier alpha value is -3.09. The van der Waals surface area contributed by atoms with Gasteiger partial charge in [0.25, 0.3) is 5.92 Å². The van der Waals surface area contributed by atoms with Gasteiger partial charge in [0.1, 0.15) is 17.5 Å². The Bertz CT molecular complexity index is 1290. The van der Waals surface area contributed by atoms with Crippen LogP contribution in [0, 0.1) is 11.7 Å². The fourth-order valence-corrected chi connectivity index (χ4v) is 4.28. The van der Waals surface area contributed by atoms with Gasteiger partial charge in [-0.1, -0.05) is 73.2 Å². The number of halogens is 3. The van der Waals surface area contributed by atoms with E-state index in [-0.39, 0.29) is 16.9 Å². The number of fused-ring (bicyclic) bond motifs is 1. The fraction of sp³-hybridized carbons (Fsp3) is 0.467. The molecule has 7 heteroatoms. The van der Waals surface area contributed by atoms with Gasteiger partial charge in [0.2, 0.25) is 0 Å². The number of nitrogens with one attached hydrogen (secondary N) is 1. The standard InChI is InChI=1S/C30H39F3N4/c1-11-37(10)25-16-24-21(15-23(25)29(7,8)9)28(36-27(35-24)17(2)3)34-19(6)20-13-12-14-22(26(20)31)30(32,33)18(4)5/h11-19H,1H2,2-10H3,(H,34,35,36)/t19-/m1/s1. The first-order chi connectivity index (χ1) is 17.1. The number of rotatable bonds is 8. The van der Waals surface area contributed by atoms with Crippen molar-refractivity contribution in [1.82, 2.24) is 9.97 Å². The molecule has 37 heavy (non-hydrogen) atoms. The molecule has 0 amide bonds. The van der Waals surface area contributed by atoms with E-state index in [1.807, 2.05) is 31.9 Å². The highest BCUT2D eigenvalue weighted by atomic mass is 19.3. The lowest BCUT2D eigenvalue weighted by molar-refractivity contribution is -0.0545. The summed E-state index contributed by atoms with van der Waals surface area (Å²) in [5.41, 5.74) is 2.18. The zero-order chi connectivity index (χ0) is 27.9. The monoisotopic (exact) mass is 512 g/mol. The lowest BCUT2D eigenvalue weighted by atomic mass is 9.84. The minimum absolute atomic E-state index is 0.0490. The van der Waals surface area contributed by atoms with E-state index in [9.17, 15) is 8.78 Å². The van der Waals surface area contributed by atoms with Gasteiger partial charge in [-0.05, 0) is 36.2 Å². The number of anilines is 2. The first kappa shape index (κ1) is 28.5. The summed E-state index contributed by atoms with van der Waals surface area (Å²) in [6, 6.07) is 7.64. The zero-order valence-corrected chi connectivity index (χ0v) is 23.4. The quantitative estimate of drug-likeness (QED) is 0.328. The minimum atomic E-state index is -3.28. The van der Waals surface area contributed by atoms with Crippen molar-refractivity contribution in [2.24, 2.45) is 5.92 Å². The maximum absolute atomic E-state index is 15.4. The molecule has 200 valence electrons. The van der Waals surface area contributed by atoms with Gasteiger partial charge in [0.15, 0.2) is 0 Å². The van der Waals surface area contributed by atoms with E-state index >= 15 is 4.39 Å². The van der Waals surface area contributed by atoms with Crippen molar-refractivity contribution in [3.05, 3.63) is 71.4 Å². The van der Waals surface area contributed by atoms with Crippen LogP contribution in [0.3, 0.4) is 0 Å². The molecule has 0 aliphatic rings. The maximum atomic E-state index is 15.4. The van der Waals surface area contributed by atoms with Crippen LogP contribution in [0.4, 0.5) is 24.7 Å². The molecule has 0 aliphatic carbocycles. The van der Waals surface area contributed by atoms with E-state index < -0.39 is 29.3 Å². The van der Waals surface area contributed by atoms with E-state index in [1.165, 1.54) is 26.0 Å². The van der Waals surface area contributed by atoms with Crippen molar-refractivity contribution >= 4 is 22.4 Å². The average molecular weight is 513 g/mol. The Morgan fingerprint density at radius 1 is 1.00 bits per heavy atom. The molecule has 1 heterocycles. The Kier molecular flexibility index (Phi) is 7.96. The summed E-state index contributed by atoms with van der Waals surface area (Å²) in [5, 5.41) is 4.10. The lowest BCUT2D eigenvalue weighted by Gasteiger charge is -2.28. The topological polar surface area (TPSA) is 41.1 Å². The van der Waals surface area contributed by atoms with E-state index in [1.54, 1.807) is 13.1 Å². The fourth-order valence-electron chi connectivity index (χ4n) is 4.28. The highest BCUT2D eigenvalue weighted by molar-refractivity contribution is 5.93. The molecule has 0 bridgehead atoms. The third kappa shape index (κ3) is 5.60. The van der Waals surface area contributed by atoms with Crippen molar-refractivity contribution in [1.29, 1.82) is 0 Å². The van der Waals surface area contributed by atoms with Crippen molar-refractivity contribution in [2.45, 2.75) is 78.7 Å². The molecular formula is C30H39F3N4. The van der Waals surface area contributed by atoms with E-state index in [0.717, 1.165) is 28.2 Å². The Morgan fingerprint density at radius 2 is 1.65 bits per heavy atom. The summed E-state index contributed by atoms with van der Waals surface area (Å²) in [7, 11) is 1.94. The molecule has 0 fully saturated rings. The first-order valence-corrected chi connectivity index (χ1v) is 12.7. The van der Waals surface area contributed by atoms with Crippen molar-refractivity contribution in [3.63, 3.8) is 0 Å². The summed E-state index contributed by atoms with van der Waals surface area (Å²) >= 11 is 0. The second kappa shape index (κ2) is 10.3. The molecule has 2 aromatic carbocycles. The predicted molar refractivity (Wildman–Crippen MR) is 148 cm³/mol. The zero-order valence-electron chi connectivity index (χ0n) is 23.4. The predicted octanol–water partition coefficient (Wildman–Crippen LogP) is 8.69. The molecule has 0 spiro atoms. The van der Waals surface area contributed by atoms with Gasteiger partial charge in [-0.2, -0.15) is 0 Å². The molecule has 4 nitrogen and oxygen atoms in total. The van der Waals surface area contributed by atoms with E-state index in [0.29, 0.717) is 11.6 Å². The number of hydrogen-bond acceptors (Lipinski definition) is 4. The Labute approximate surface area is 219 Å². The molecule has 1 N–H and O–H groups in total. The van der Waals surface area contributed by atoms with Crippen LogP contribution in [0.2, 0.25) is 0 Å². The first-order valence-electron chi connectivity index (χ1n) is 12.7. The van der Waals surface area contributed by atoms with Crippen LogP contribution in [-0.2, 0) is 11.3 Å². The number of alkyl halides is 2. The molecule has 3 rings (SSSR count). The number of hydrogen-bond donors (Lipinski definition) is 1. The van der Waals surface area contributed by atoms with Crippen LogP contribution in [0.5, 0.6) is 0 Å². The molecule has 0 saturated carbocycles. The van der Waals surface area contributed by atoms with E-state index in [4.69, 9.17) is 9.97 Å². The van der Waals surface area contributed by atoms with Gasteiger partial charge in [-0.3, -0.25) is 0 Å². The van der Waals surface area contributed by atoms with Gasteiger partial charge in [0, 0.05) is 35.5 Å². The van der Waals surface area contributed by atoms with Crippen molar-refractivity contribution < 1.29 is 13.2 Å². The minimum Gasteiger partial charge on any atom is -0.363 e. The van der Waals surface area contributed by atoms with Crippen LogP contribution in [-0.4, -0.2) is 17.0 Å². The van der Waals surface area contributed by atoms with Gasteiger partial charge in [-0.15, -0.1) is 0 Å². The van der Waals surface area contributed by atoms with E-state index in [2.05, 4.69) is 38.7 Å². The van der Waals surface area contributed by atoms with Gasteiger partial charge in [0.05, 0.1) is 17.1 Å². The largest absolute Gasteiger partial charge is 0.363 e. The molecule has 0 aliphatic heterocycles. The SMILES string of the molecule is C=CN(C)c1cc2nc(C(C)C)nc(N[C@H](C)c3cccc(C(F)(F)C(C)C)c3F)c2cc1C(C)(C)C. The van der Waals surface area contributed by atoms with Crippen LogP contribution < -0.4 is 10.2 Å². The Balaban J connectivity index is 2.20. The maximum Gasteiger partial charge on any atom is 0.278 e. The van der Waals surface area contributed by atoms with Crippen molar-refractivity contribution in [3.8, 4) is 0 Å². The summed E-state index contributed by atoms with van der Waals surface area (Å²) < 4.78 is 44.9. The number of benzene rings is 2. The van der Waals surface area contributed by atoms with Crippen LogP contribution in [0.15, 0.2) is 43.1 Å². The van der Waals surface area contributed by atoms with Crippen LogP contribution in [0.1, 0.15) is 89.9 Å². The Morgan fingerprint density at radius 3 is 2.19 bits per heavy atom. The third-order valence-electron chi connectivity index (χ3n) is 6.74. The molecule has 0 unspecified atom stereocenters. The number of nitrogens with zero attached hydrogens (tertiary/aromatic N) is 3. The van der Waals surface area contributed by atoms with Crippen LogP contribution in [0.25, 0.3) is 10.9 Å². The summed E-state index contributed by atoms with van der Waals surface area (Å²) in [6.45, 7) is 18.8. The summed E-state index contributed by atoms with van der Waals surface area (Å²) in [5.74, 6) is -3.97. The summed E-state index contributed by atoms with van der Waals surface area (Å²) in [4.78, 5) is 11.6. The smallest absolute Gasteiger partial charge is 0.278 e. The summed E-state index contributed by atoms with van der Waals surface area (Å²) in [6.07, 6.45) is 1.75.